The Kier molecular flexibility index (Phi) is 3.42. The average Bonchev–Trinajstić information content (AvgIpc) is 1.68. The molecule has 1 atom stereocenters. The second-order valence-corrected chi connectivity index (χ2v) is 1.42. The van der Waals surface area contributed by atoms with Crippen LogP contribution in [0.1, 0.15) is 6.92 Å². The van der Waals surface area contributed by atoms with Gasteiger partial charge in [0.1, 0.15) is 0 Å². The van der Waals surface area contributed by atoms with Crippen molar-refractivity contribution in [1.82, 2.24) is 5.32 Å². The molecule has 0 heterocycles. The Labute approximate surface area is 43.9 Å². The van der Waals surface area contributed by atoms with Crippen molar-refractivity contribution in [3.63, 3.8) is 0 Å². The molecule has 0 aliphatic heterocycles. The molecule has 0 aromatic rings. The number of hydrogen-bond acceptors (Lipinski definition) is 2. The lowest BCUT2D eigenvalue weighted by atomic mass is 10.3. The third-order valence-corrected chi connectivity index (χ3v) is 0.830. The SMILES string of the molecule is CNC(C)/C=C/O. The molecule has 0 aromatic heterocycles. The first-order valence-corrected chi connectivity index (χ1v) is 2.29. The fourth-order valence-electron chi connectivity index (χ4n) is 0.225. The summed E-state index contributed by atoms with van der Waals surface area (Å²) in [6.07, 6.45) is 2.71. The quantitative estimate of drug-likeness (QED) is 0.501. The Morgan fingerprint density at radius 2 is 2.29 bits per heavy atom. The molecule has 0 bridgehead atoms. The van der Waals surface area contributed by atoms with E-state index >= 15 is 0 Å². The summed E-state index contributed by atoms with van der Waals surface area (Å²) in [5.74, 6) is 0. The lowest BCUT2D eigenvalue weighted by Gasteiger charge is -1.98. The third-order valence-electron chi connectivity index (χ3n) is 0.830. The van der Waals surface area contributed by atoms with E-state index in [-0.39, 0.29) is 6.04 Å². The first kappa shape index (κ1) is 6.50. The summed E-state index contributed by atoms with van der Waals surface area (Å²) < 4.78 is 0. The zero-order chi connectivity index (χ0) is 5.70. The molecular weight excluding hydrogens is 90.1 g/mol. The summed E-state index contributed by atoms with van der Waals surface area (Å²) in [6.45, 7) is 1.95. The molecule has 0 spiro atoms. The van der Waals surface area contributed by atoms with Gasteiger partial charge in [-0.25, -0.2) is 0 Å². The van der Waals surface area contributed by atoms with Crippen molar-refractivity contribution in [1.29, 1.82) is 0 Å². The molecule has 0 amide bonds. The van der Waals surface area contributed by atoms with Crippen LogP contribution in [0.3, 0.4) is 0 Å². The molecule has 0 rings (SSSR count). The Balaban J connectivity index is 3.16. The fourth-order valence-corrected chi connectivity index (χ4v) is 0.225. The van der Waals surface area contributed by atoms with E-state index in [1.807, 2.05) is 14.0 Å². The van der Waals surface area contributed by atoms with Crippen LogP contribution in [-0.4, -0.2) is 18.2 Å². The molecule has 2 N–H and O–H groups in total. The van der Waals surface area contributed by atoms with Gasteiger partial charge in [-0.05, 0) is 20.0 Å². The van der Waals surface area contributed by atoms with Gasteiger partial charge in [0.25, 0.3) is 0 Å². The van der Waals surface area contributed by atoms with E-state index < -0.39 is 0 Å². The average molecular weight is 101 g/mol. The standard InChI is InChI=1S/C5H11NO/c1-5(6-2)3-4-7/h3-7H,1-2H3/b4-3+. The number of hydrogen-bond donors (Lipinski definition) is 2. The first-order chi connectivity index (χ1) is 3.31. The highest BCUT2D eigenvalue weighted by atomic mass is 16.2. The predicted molar refractivity (Wildman–Crippen MR) is 30.3 cm³/mol. The van der Waals surface area contributed by atoms with Gasteiger partial charge in [0.05, 0.1) is 6.26 Å². The Morgan fingerprint density at radius 3 is 2.43 bits per heavy atom. The lowest BCUT2D eigenvalue weighted by molar-refractivity contribution is 0.467. The summed E-state index contributed by atoms with van der Waals surface area (Å²) >= 11 is 0. The number of nitrogens with one attached hydrogen (secondary N) is 1. The minimum absolute atomic E-state index is 0.269. The maximum atomic E-state index is 8.15. The van der Waals surface area contributed by atoms with Crippen molar-refractivity contribution in [2.75, 3.05) is 7.05 Å². The van der Waals surface area contributed by atoms with Crippen molar-refractivity contribution < 1.29 is 5.11 Å². The Bertz CT molecular complexity index is 61.1. The van der Waals surface area contributed by atoms with Gasteiger partial charge in [-0.3, -0.25) is 0 Å². The highest BCUT2D eigenvalue weighted by molar-refractivity contribution is 4.82. The van der Waals surface area contributed by atoms with Gasteiger partial charge in [-0.2, -0.15) is 0 Å². The van der Waals surface area contributed by atoms with Crippen LogP contribution >= 0.6 is 0 Å². The summed E-state index contributed by atoms with van der Waals surface area (Å²) in [5.41, 5.74) is 0. The van der Waals surface area contributed by atoms with E-state index in [1.165, 1.54) is 0 Å². The van der Waals surface area contributed by atoms with Gasteiger partial charge in [-0.15, -0.1) is 0 Å². The molecule has 1 unspecified atom stereocenters. The van der Waals surface area contributed by atoms with E-state index in [0.717, 1.165) is 6.26 Å². The normalized spacial score (nSPS) is 15.1. The monoisotopic (exact) mass is 101 g/mol. The van der Waals surface area contributed by atoms with E-state index in [1.54, 1.807) is 6.08 Å². The molecule has 0 aliphatic rings. The molecule has 0 aliphatic carbocycles. The second-order valence-electron chi connectivity index (χ2n) is 1.42. The summed E-state index contributed by atoms with van der Waals surface area (Å²) in [6, 6.07) is 0.269. The minimum atomic E-state index is 0.269. The maximum Gasteiger partial charge on any atom is 0.0767 e. The Morgan fingerprint density at radius 1 is 1.71 bits per heavy atom. The van der Waals surface area contributed by atoms with Crippen LogP contribution in [0, 0.1) is 0 Å². The number of rotatable bonds is 2. The van der Waals surface area contributed by atoms with Crippen LogP contribution in [0.15, 0.2) is 12.3 Å². The van der Waals surface area contributed by atoms with Crippen LogP contribution in [0.25, 0.3) is 0 Å². The predicted octanol–water partition coefficient (Wildman–Crippen LogP) is 0.666. The van der Waals surface area contributed by atoms with Crippen molar-refractivity contribution in [3.05, 3.63) is 12.3 Å². The van der Waals surface area contributed by atoms with Gasteiger partial charge in [0.15, 0.2) is 0 Å². The summed E-state index contributed by atoms with van der Waals surface area (Å²) in [5, 5.41) is 11.1. The number of aliphatic hydroxyl groups excluding tert-OH is 1. The summed E-state index contributed by atoms with van der Waals surface area (Å²) in [4.78, 5) is 0. The van der Waals surface area contributed by atoms with Gasteiger partial charge < -0.3 is 10.4 Å². The largest absolute Gasteiger partial charge is 0.516 e. The maximum absolute atomic E-state index is 8.15. The van der Waals surface area contributed by atoms with Crippen LogP contribution in [0.4, 0.5) is 0 Å². The zero-order valence-electron chi connectivity index (χ0n) is 4.68. The van der Waals surface area contributed by atoms with Gasteiger partial charge in [-0.1, -0.05) is 0 Å². The molecule has 2 heteroatoms. The van der Waals surface area contributed by atoms with Crippen molar-refractivity contribution in [3.8, 4) is 0 Å². The van der Waals surface area contributed by atoms with E-state index in [2.05, 4.69) is 5.32 Å². The molecule has 42 valence electrons. The molecule has 0 saturated heterocycles. The fraction of sp³-hybridized carbons (Fsp3) is 0.600. The highest BCUT2D eigenvalue weighted by Gasteiger charge is 1.84. The van der Waals surface area contributed by atoms with Crippen molar-refractivity contribution in [2.45, 2.75) is 13.0 Å². The van der Waals surface area contributed by atoms with E-state index in [9.17, 15) is 0 Å². The molecule has 0 aromatic carbocycles. The van der Waals surface area contributed by atoms with Crippen LogP contribution in [0.2, 0.25) is 0 Å². The van der Waals surface area contributed by atoms with Gasteiger partial charge in [0, 0.05) is 6.04 Å². The molecule has 0 fully saturated rings. The van der Waals surface area contributed by atoms with Gasteiger partial charge >= 0.3 is 0 Å². The third kappa shape index (κ3) is 3.33. The lowest BCUT2D eigenvalue weighted by Crippen LogP contribution is -2.17. The number of aliphatic hydroxyl groups is 1. The zero-order valence-corrected chi connectivity index (χ0v) is 4.68. The van der Waals surface area contributed by atoms with Crippen molar-refractivity contribution >= 4 is 0 Å². The smallest absolute Gasteiger partial charge is 0.0767 e. The highest BCUT2D eigenvalue weighted by Crippen LogP contribution is 1.77. The molecule has 0 radical (unpaired) electrons. The van der Waals surface area contributed by atoms with Crippen LogP contribution < -0.4 is 5.32 Å². The van der Waals surface area contributed by atoms with E-state index in [4.69, 9.17) is 5.11 Å². The second kappa shape index (κ2) is 3.68. The van der Waals surface area contributed by atoms with Crippen LogP contribution in [-0.2, 0) is 0 Å². The van der Waals surface area contributed by atoms with E-state index in [0.29, 0.717) is 0 Å². The molecule has 0 saturated carbocycles. The topological polar surface area (TPSA) is 32.3 Å². The van der Waals surface area contributed by atoms with Crippen LogP contribution in [0.5, 0.6) is 0 Å². The number of likely N-dealkylation sites (N-methyl/N-ethyl adjacent to an activating group) is 1. The molecule has 7 heavy (non-hydrogen) atoms. The summed E-state index contributed by atoms with van der Waals surface area (Å²) in [7, 11) is 1.84. The Hall–Kier alpha value is -0.500. The van der Waals surface area contributed by atoms with Crippen molar-refractivity contribution in [2.24, 2.45) is 0 Å². The minimum Gasteiger partial charge on any atom is -0.516 e. The molecule has 2 nitrogen and oxygen atoms in total. The first-order valence-electron chi connectivity index (χ1n) is 2.29. The van der Waals surface area contributed by atoms with Gasteiger partial charge in [0.2, 0.25) is 0 Å². The molecular formula is C5H11NO.